The molecule has 0 unspecified atom stereocenters. The molecule has 3 aromatic rings. The number of aromatic nitrogens is 2. The summed E-state index contributed by atoms with van der Waals surface area (Å²) in [6.45, 7) is 1.09. The van der Waals surface area contributed by atoms with Gasteiger partial charge in [-0.05, 0) is 49.2 Å². The highest BCUT2D eigenvalue weighted by atomic mass is 32.1. The molecule has 33 heavy (non-hydrogen) atoms. The summed E-state index contributed by atoms with van der Waals surface area (Å²) in [4.78, 5) is 35.3. The molecule has 1 N–H and O–H groups in total. The molecule has 0 spiro atoms. The number of halogens is 3. The Morgan fingerprint density at radius 1 is 1.06 bits per heavy atom. The number of alkyl halides is 3. The number of carbonyl (C=O) groups excluding carboxylic acids is 2. The van der Waals surface area contributed by atoms with E-state index >= 15 is 0 Å². The van der Waals surface area contributed by atoms with E-state index < -0.39 is 11.7 Å². The number of benzene rings is 1. The number of hydrogen-bond acceptors (Lipinski definition) is 5. The summed E-state index contributed by atoms with van der Waals surface area (Å²) in [6.07, 6.45) is -0.0429. The van der Waals surface area contributed by atoms with Crippen molar-refractivity contribution in [2.24, 2.45) is 5.92 Å². The molecule has 10 heteroatoms. The van der Waals surface area contributed by atoms with Gasteiger partial charge in [-0.3, -0.25) is 14.6 Å². The normalized spacial score (nSPS) is 14.8. The van der Waals surface area contributed by atoms with Gasteiger partial charge < -0.3 is 10.2 Å². The van der Waals surface area contributed by atoms with Crippen LogP contribution in [-0.4, -0.2) is 39.8 Å². The predicted octanol–water partition coefficient (Wildman–Crippen LogP) is 4.39. The Hall–Kier alpha value is -3.27. The van der Waals surface area contributed by atoms with Gasteiger partial charge >= 0.3 is 6.18 Å². The molecule has 1 aliphatic heterocycles. The van der Waals surface area contributed by atoms with Crippen LogP contribution in [0.1, 0.15) is 33.8 Å². The van der Waals surface area contributed by atoms with Crippen LogP contribution in [0.5, 0.6) is 0 Å². The first kappa shape index (κ1) is 22.9. The van der Waals surface area contributed by atoms with Crippen LogP contribution in [0.25, 0.3) is 11.3 Å². The lowest BCUT2D eigenvalue weighted by Crippen LogP contribution is -2.42. The molecule has 2 amide bonds. The third-order valence-electron chi connectivity index (χ3n) is 5.55. The predicted molar refractivity (Wildman–Crippen MR) is 117 cm³/mol. The van der Waals surface area contributed by atoms with Gasteiger partial charge in [0.05, 0.1) is 17.8 Å². The lowest BCUT2D eigenvalue weighted by molar-refractivity contribution is -0.137. The minimum Gasteiger partial charge on any atom is -0.349 e. The van der Waals surface area contributed by atoms with Gasteiger partial charge in [0.2, 0.25) is 5.91 Å². The summed E-state index contributed by atoms with van der Waals surface area (Å²) in [6, 6.07) is 7.95. The second-order valence-electron chi connectivity index (χ2n) is 7.72. The number of rotatable bonds is 5. The largest absolute Gasteiger partial charge is 0.416 e. The fourth-order valence-electron chi connectivity index (χ4n) is 3.68. The van der Waals surface area contributed by atoms with Crippen LogP contribution in [0.2, 0.25) is 0 Å². The maximum atomic E-state index is 12.7. The van der Waals surface area contributed by atoms with E-state index in [1.165, 1.54) is 23.5 Å². The first-order chi connectivity index (χ1) is 15.8. The van der Waals surface area contributed by atoms with Gasteiger partial charge in [0, 0.05) is 47.9 Å². The number of thiazole rings is 1. The first-order valence-electron chi connectivity index (χ1n) is 10.4. The van der Waals surface area contributed by atoms with E-state index in [2.05, 4.69) is 15.3 Å². The fourth-order valence-corrected chi connectivity index (χ4v) is 4.43. The summed E-state index contributed by atoms with van der Waals surface area (Å²) >= 11 is 1.47. The highest BCUT2D eigenvalue weighted by Crippen LogP contribution is 2.29. The van der Waals surface area contributed by atoms with Gasteiger partial charge in [-0.15, -0.1) is 11.3 Å². The molecule has 0 atom stereocenters. The third kappa shape index (κ3) is 5.57. The van der Waals surface area contributed by atoms with Gasteiger partial charge in [0.25, 0.3) is 5.91 Å². The van der Waals surface area contributed by atoms with Crippen molar-refractivity contribution >= 4 is 23.2 Å². The highest BCUT2D eigenvalue weighted by Gasteiger charge is 2.31. The molecule has 4 rings (SSSR count). The maximum Gasteiger partial charge on any atom is 0.416 e. The zero-order valence-electron chi connectivity index (χ0n) is 17.5. The van der Waals surface area contributed by atoms with Gasteiger partial charge in [0.1, 0.15) is 5.01 Å². The van der Waals surface area contributed by atoms with E-state index in [0.29, 0.717) is 32.5 Å². The quantitative estimate of drug-likeness (QED) is 0.595. The number of hydrogen-bond donors (Lipinski definition) is 1. The summed E-state index contributed by atoms with van der Waals surface area (Å²) in [5.74, 6) is -0.632. The molecule has 0 radical (unpaired) electrons. The van der Waals surface area contributed by atoms with E-state index in [-0.39, 0.29) is 23.3 Å². The number of nitrogens with one attached hydrogen (secondary N) is 1. The van der Waals surface area contributed by atoms with Gasteiger partial charge in [-0.25, -0.2) is 4.98 Å². The molecule has 3 heterocycles. The molecular formula is C23H21F3N4O2S. The van der Waals surface area contributed by atoms with Crippen molar-refractivity contribution in [3.63, 3.8) is 0 Å². The molecule has 0 aliphatic carbocycles. The van der Waals surface area contributed by atoms with Crippen LogP contribution in [0.15, 0.2) is 54.2 Å². The SMILES string of the molecule is O=C(NCc1nc(-c2ccncc2)cs1)C1CCN(C(=O)c2ccc(C(F)(F)F)cc2)CC1. The average Bonchev–Trinajstić information content (AvgIpc) is 3.31. The lowest BCUT2D eigenvalue weighted by Gasteiger charge is -2.31. The molecule has 0 saturated carbocycles. The van der Waals surface area contributed by atoms with Crippen LogP contribution in [0, 0.1) is 5.92 Å². The smallest absolute Gasteiger partial charge is 0.349 e. The van der Waals surface area contributed by atoms with Crippen LogP contribution in [-0.2, 0) is 17.5 Å². The highest BCUT2D eigenvalue weighted by molar-refractivity contribution is 7.09. The Kier molecular flexibility index (Phi) is 6.73. The van der Waals surface area contributed by atoms with E-state index in [1.807, 2.05) is 17.5 Å². The van der Waals surface area contributed by atoms with Crippen molar-refractivity contribution < 1.29 is 22.8 Å². The molecule has 1 aliphatic rings. The van der Waals surface area contributed by atoms with Crippen LogP contribution in [0.4, 0.5) is 13.2 Å². The number of likely N-dealkylation sites (tertiary alicyclic amines) is 1. The number of piperidine rings is 1. The van der Waals surface area contributed by atoms with Crippen molar-refractivity contribution in [1.29, 1.82) is 0 Å². The van der Waals surface area contributed by atoms with Crippen molar-refractivity contribution in [1.82, 2.24) is 20.2 Å². The number of pyridine rings is 1. The third-order valence-corrected chi connectivity index (χ3v) is 6.40. The maximum absolute atomic E-state index is 12.7. The number of nitrogens with zero attached hydrogens (tertiary/aromatic N) is 3. The Morgan fingerprint density at radius 3 is 2.36 bits per heavy atom. The zero-order valence-corrected chi connectivity index (χ0v) is 18.3. The molecule has 1 aromatic carbocycles. The first-order valence-corrected chi connectivity index (χ1v) is 11.3. The van der Waals surface area contributed by atoms with Gasteiger partial charge in [-0.1, -0.05) is 0 Å². The van der Waals surface area contributed by atoms with E-state index in [1.54, 1.807) is 17.3 Å². The average molecular weight is 475 g/mol. The minimum atomic E-state index is -4.44. The molecule has 0 bridgehead atoms. The standard InChI is InChI=1S/C23H21F3N4O2S/c24-23(25,26)18-3-1-17(2-4-18)22(32)30-11-7-16(8-12-30)21(31)28-13-20-29-19(14-33-20)15-5-9-27-10-6-15/h1-6,9-10,14,16H,7-8,11-13H2,(H,28,31). The minimum absolute atomic E-state index is 0.0858. The lowest BCUT2D eigenvalue weighted by atomic mass is 9.95. The molecule has 2 aromatic heterocycles. The second-order valence-corrected chi connectivity index (χ2v) is 8.66. The number of carbonyl (C=O) groups is 2. The summed E-state index contributed by atoms with van der Waals surface area (Å²) in [5.41, 5.74) is 1.22. The Balaban J connectivity index is 1.26. The van der Waals surface area contributed by atoms with Crippen LogP contribution >= 0.6 is 11.3 Å². The summed E-state index contributed by atoms with van der Waals surface area (Å²) in [7, 11) is 0. The van der Waals surface area contributed by atoms with Crippen molar-refractivity contribution in [2.45, 2.75) is 25.6 Å². The Labute approximate surface area is 192 Å². The number of amides is 2. The van der Waals surface area contributed by atoms with Gasteiger partial charge in [0.15, 0.2) is 0 Å². The Bertz CT molecular complexity index is 1110. The molecule has 1 saturated heterocycles. The summed E-state index contributed by atoms with van der Waals surface area (Å²) < 4.78 is 38.1. The van der Waals surface area contributed by atoms with E-state index in [4.69, 9.17) is 0 Å². The molecule has 6 nitrogen and oxygen atoms in total. The molecule has 172 valence electrons. The topological polar surface area (TPSA) is 75.2 Å². The van der Waals surface area contributed by atoms with E-state index in [9.17, 15) is 22.8 Å². The molecular weight excluding hydrogens is 453 g/mol. The zero-order chi connectivity index (χ0) is 23.4. The van der Waals surface area contributed by atoms with Crippen molar-refractivity contribution in [2.75, 3.05) is 13.1 Å². The fraction of sp³-hybridized carbons (Fsp3) is 0.304. The molecule has 1 fully saturated rings. The van der Waals surface area contributed by atoms with Crippen LogP contribution < -0.4 is 5.32 Å². The van der Waals surface area contributed by atoms with Crippen molar-refractivity contribution in [3.05, 3.63) is 70.3 Å². The van der Waals surface area contributed by atoms with E-state index in [0.717, 1.165) is 28.4 Å². The van der Waals surface area contributed by atoms with Gasteiger partial charge in [-0.2, -0.15) is 13.2 Å². The summed E-state index contributed by atoms with van der Waals surface area (Å²) in [5, 5.41) is 5.65. The van der Waals surface area contributed by atoms with Crippen molar-refractivity contribution in [3.8, 4) is 11.3 Å². The monoisotopic (exact) mass is 474 g/mol. The Morgan fingerprint density at radius 2 is 1.73 bits per heavy atom. The second kappa shape index (κ2) is 9.70. The van der Waals surface area contributed by atoms with Crippen LogP contribution in [0.3, 0.4) is 0 Å².